The largest absolute Gasteiger partial charge is 0.497 e. The number of benzene rings is 2. The topological polar surface area (TPSA) is 109 Å². The fourth-order valence-electron chi connectivity index (χ4n) is 2.57. The van der Waals surface area contributed by atoms with Crippen molar-refractivity contribution in [3.63, 3.8) is 0 Å². The van der Waals surface area contributed by atoms with Crippen molar-refractivity contribution >= 4 is 15.8 Å². The van der Waals surface area contributed by atoms with E-state index in [0.717, 1.165) is 6.26 Å². The number of sulfone groups is 1. The lowest BCUT2D eigenvalue weighted by Gasteiger charge is -2.09. The monoisotopic (exact) mass is 416 g/mol. The molecule has 29 heavy (non-hydrogen) atoms. The predicted octanol–water partition coefficient (Wildman–Crippen LogP) is 3.21. The van der Waals surface area contributed by atoms with Gasteiger partial charge in [0.15, 0.2) is 15.9 Å². The second-order valence-electron chi connectivity index (χ2n) is 6.49. The number of hydrogen-bond acceptors (Lipinski definition) is 8. The van der Waals surface area contributed by atoms with Crippen molar-refractivity contribution < 1.29 is 27.1 Å². The van der Waals surface area contributed by atoms with Crippen molar-refractivity contribution in [2.24, 2.45) is 0 Å². The Balaban J connectivity index is 1.66. The molecule has 0 saturated heterocycles. The Kier molecular flexibility index (Phi) is 5.97. The first-order valence-electron chi connectivity index (χ1n) is 8.70. The first-order valence-corrected chi connectivity index (χ1v) is 10.8. The summed E-state index contributed by atoms with van der Waals surface area (Å²) in [5.74, 6) is 0.508. The van der Waals surface area contributed by atoms with E-state index in [2.05, 4.69) is 10.2 Å². The SMILES string of the molecule is COc1ccc(-c2nnc([C@@H](C)OC(=O)c3ccc(CS(C)(=O)=O)cc3)o2)cc1. The molecule has 2 aromatic carbocycles. The van der Waals surface area contributed by atoms with E-state index >= 15 is 0 Å². The maximum atomic E-state index is 12.3. The molecule has 0 N–H and O–H groups in total. The summed E-state index contributed by atoms with van der Waals surface area (Å²) in [5.41, 5.74) is 1.60. The third-order valence-electron chi connectivity index (χ3n) is 4.03. The summed E-state index contributed by atoms with van der Waals surface area (Å²) in [5, 5.41) is 7.93. The number of methoxy groups -OCH3 is 1. The summed E-state index contributed by atoms with van der Waals surface area (Å²) >= 11 is 0. The van der Waals surface area contributed by atoms with Gasteiger partial charge in [0.2, 0.25) is 5.89 Å². The summed E-state index contributed by atoms with van der Waals surface area (Å²) in [6, 6.07) is 13.3. The van der Waals surface area contributed by atoms with Crippen LogP contribution < -0.4 is 4.74 Å². The number of carbonyl (C=O) groups is 1. The molecule has 1 heterocycles. The van der Waals surface area contributed by atoms with Gasteiger partial charge in [0.1, 0.15) is 5.75 Å². The number of rotatable bonds is 7. The lowest BCUT2D eigenvalue weighted by atomic mass is 10.1. The number of esters is 1. The van der Waals surface area contributed by atoms with E-state index in [-0.39, 0.29) is 11.6 Å². The van der Waals surface area contributed by atoms with E-state index in [1.807, 2.05) is 0 Å². The van der Waals surface area contributed by atoms with Gasteiger partial charge in [-0.2, -0.15) is 0 Å². The van der Waals surface area contributed by atoms with Gasteiger partial charge in [-0.05, 0) is 48.9 Å². The molecule has 0 saturated carbocycles. The van der Waals surface area contributed by atoms with Crippen LogP contribution in [0.2, 0.25) is 0 Å². The molecule has 3 rings (SSSR count). The van der Waals surface area contributed by atoms with Crippen molar-refractivity contribution in [1.29, 1.82) is 0 Å². The van der Waals surface area contributed by atoms with Crippen molar-refractivity contribution in [3.05, 3.63) is 65.5 Å². The first-order chi connectivity index (χ1) is 13.7. The molecule has 0 aliphatic heterocycles. The molecule has 1 aromatic heterocycles. The molecule has 3 aromatic rings. The van der Waals surface area contributed by atoms with E-state index in [1.165, 1.54) is 12.1 Å². The third kappa shape index (κ3) is 5.41. The number of carbonyl (C=O) groups excluding carboxylic acids is 1. The van der Waals surface area contributed by atoms with Gasteiger partial charge in [-0.25, -0.2) is 13.2 Å². The van der Waals surface area contributed by atoms with E-state index < -0.39 is 21.9 Å². The zero-order valence-electron chi connectivity index (χ0n) is 16.2. The van der Waals surface area contributed by atoms with E-state index in [1.54, 1.807) is 50.4 Å². The molecule has 0 fully saturated rings. The van der Waals surface area contributed by atoms with E-state index in [0.29, 0.717) is 28.3 Å². The molecule has 8 nitrogen and oxygen atoms in total. The number of aromatic nitrogens is 2. The summed E-state index contributed by atoms with van der Waals surface area (Å²) in [6.07, 6.45) is 0.402. The molecule has 0 amide bonds. The van der Waals surface area contributed by atoms with E-state index in [9.17, 15) is 13.2 Å². The number of ether oxygens (including phenoxy) is 2. The van der Waals surface area contributed by atoms with Crippen LogP contribution in [-0.2, 0) is 20.3 Å². The van der Waals surface area contributed by atoms with Crippen molar-refractivity contribution in [2.75, 3.05) is 13.4 Å². The highest BCUT2D eigenvalue weighted by Gasteiger charge is 2.20. The minimum atomic E-state index is -3.14. The van der Waals surface area contributed by atoms with Gasteiger partial charge in [0, 0.05) is 11.8 Å². The minimum absolute atomic E-state index is 0.0884. The van der Waals surface area contributed by atoms with E-state index in [4.69, 9.17) is 13.9 Å². The Morgan fingerprint density at radius 3 is 2.31 bits per heavy atom. The third-order valence-corrected chi connectivity index (χ3v) is 4.89. The molecule has 152 valence electrons. The standard InChI is InChI=1S/C20H20N2O6S/c1-13(18-21-22-19(28-18)15-8-10-17(26-2)11-9-15)27-20(23)16-6-4-14(5-7-16)12-29(3,24)25/h4-11,13H,12H2,1-3H3/t13-/m1/s1. The minimum Gasteiger partial charge on any atom is -0.497 e. The van der Waals surface area contributed by atoms with Gasteiger partial charge in [-0.3, -0.25) is 0 Å². The van der Waals surface area contributed by atoms with Crippen molar-refractivity contribution in [2.45, 2.75) is 18.8 Å². The predicted molar refractivity (Wildman–Crippen MR) is 105 cm³/mol. The molecular formula is C20H20N2O6S. The molecule has 0 unspecified atom stereocenters. The molecule has 0 aliphatic carbocycles. The van der Waals surface area contributed by atoms with Gasteiger partial charge < -0.3 is 13.9 Å². The van der Waals surface area contributed by atoms with Crippen LogP contribution in [0.5, 0.6) is 5.75 Å². The summed E-state index contributed by atoms with van der Waals surface area (Å²) < 4.78 is 38.8. The molecular weight excluding hydrogens is 396 g/mol. The Morgan fingerprint density at radius 1 is 1.07 bits per heavy atom. The maximum Gasteiger partial charge on any atom is 0.338 e. The highest BCUT2D eigenvalue weighted by Crippen LogP contribution is 2.24. The second kappa shape index (κ2) is 8.44. The Hall–Kier alpha value is -3.20. The number of hydrogen-bond donors (Lipinski definition) is 0. The van der Waals surface area contributed by atoms with Gasteiger partial charge >= 0.3 is 5.97 Å². The maximum absolute atomic E-state index is 12.3. The van der Waals surface area contributed by atoms with Crippen LogP contribution >= 0.6 is 0 Å². The van der Waals surface area contributed by atoms with Gasteiger partial charge in [0.25, 0.3) is 5.89 Å². The zero-order valence-corrected chi connectivity index (χ0v) is 17.0. The normalized spacial score (nSPS) is 12.4. The summed E-state index contributed by atoms with van der Waals surface area (Å²) in [7, 11) is -1.56. The van der Waals surface area contributed by atoms with Crippen molar-refractivity contribution in [1.82, 2.24) is 10.2 Å². The Morgan fingerprint density at radius 2 is 1.72 bits per heavy atom. The second-order valence-corrected chi connectivity index (χ2v) is 8.63. The average molecular weight is 416 g/mol. The number of nitrogens with zero attached hydrogens (tertiary/aromatic N) is 2. The molecule has 1 atom stereocenters. The highest BCUT2D eigenvalue weighted by atomic mass is 32.2. The fraction of sp³-hybridized carbons (Fsp3) is 0.250. The van der Waals surface area contributed by atoms with Gasteiger partial charge in [-0.1, -0.05) is 12.1 Å². The van der Waals surface area contributed by atoms with Crippen LogP contribution in [-0.4, -0.2) is 38.0 Å². The molecule has 0 radical (unpaired) electrons. The summed E-state index contributed by atoms with van der Waals surface area (Å²) in [6.45, 7) is 1.63. The Labute approximate surface area is 168 Å². The van der Waals surface area contributed by atoms with Crippen LogP contribution in [0.3, 0.4) is 0 Å². The molecule has 9 heteroatoms. The van der Waals surface area contributed by atoms with Crippen LogP contribution in [0, 0.1) is 0 Å². The van der Waals surface area contributed by atoms with Crippen LogP contribution in [0.4, 0.5) is 0 Å². The smallest absolute Gasteiger partial charge is 0.338 e. The quantitative estimate of drug-likeness (QED) is 0.540. The van der Waals surface area contributed by atoms with Gasteiger partial charge in [0.05, 0.1) is 18.4 Å². The van der Waals surface area contributed by atoms with Crippen molar-refractivity contribution in [3.8, 4) is 17.2 Å². The fourth-order valence-corrected chi connectivity index (χ4v) is 3.37. The lowest BCUT2D eigenvalue weighted by molar-refractivity contribution is 0.0280. The first kappa shape index (κ1) is 20.5. The Bertz CT molecular complexity index is 1090. The highest BCUT2D eigenvalue weighted by molar-refractivity contribution is 7.89. The molecule has 0 bridgehead atoms. The molecule has 0 aliphatic rings. The van der Waals surface area contributed by atoms with Crippen LogP contribution in [0.25, 0.3) is 11.5 Å². The average Bonchev–Trinajstić information content (AvgIpc) is 3.17. The molecule has 0 spiro atoms. The van der Waals surface area contributed by atoms with Crippen LogP contribution in [0.1, 0.15) is 34.8 Å². The lowest BCUT2D eigenvalue weighted by Crippen LogP contribution is -2.10. The van der Waals surface area contributed by atoms with Crippen LogP contribution in [0.15, 0.2) is 52.9 Å². The summed E-state index contributed by atoms with van der Waals surface area (Å²) in [4.78, 5) is 12.3. The zero-order chi connectivity index (χ0) is 21.0. The van der Waals surface area contributed by atoms with Gasteiger partial charge in [-0.15, -0.1) is 10.2 Å².